The first kappa shape index (κ1) is 16.3. The van der Waals surface area contributed by atoms with Gasteiger partial charge in [0.2, 0.25) is 5.91 Å². The molecule has 6 heteroatoms. The maximum absolute atomic E-state index is 12.2. The zero-order valence-corrected chi connectivity index (χ0v) is 13.1. The highest BCUT2D eigenvalue weighted by molar-refractivity contribution is 5.77. The summed E-state index contributed by atoms with van der Waals surface area (Å²) in [5.74, 6) is 0.173. The van der Waals surface area contributed by atoms with Crippen molar-refractivity contribution in [3.63, 3.8) is 0 Å². The number of amides is 3. The number of aryl methyl sites for hydroxylation is 1. The molecule has 0 atom stereocenters. The van der Waals surface area contributed by atoms with Crippen molar-refractivity contribution in [1.82, 2.24) is 20.1 Å². The number of rotatable bonds is 5. The van der Waals surface area contributed by atoms with Gasteiger partial charge in [-0.3, -0.25) is 9.78 Å². The molecule has 1 aliphatic rings. The molecule has 1 saturated heterocycles. The van der Waals surface area contributed by atoms with Gasteiger partial charge in [0.1, 0.15) is 0 Å². The number of carbonyl (C=O) groups is 2. The lowest BCUT2D eigenvalue weighted by molar-refractivity contribution is -0.132. The number of nitrogens with zero attached hydrogens (tertiary/aromatic N) is 3. The molecule has 0 radical (unpaired) electrons. The molecule has 2 rings (SSSR count). The molecule has 120 valence electrons. The summed E-state index contributed by atoms with van der Waals surface area (Å²) in [5, 5.41) is 2.79. The summed E-state index contributed by atoms with van der Waals surface area (Å²) in [7, 11) is 0. The highest BCUT2D eigenvalue weighted by atomic mass is 16.2. The summed E-state index contributed by atoms with van der Waals surface area (Å²) in [4.78, 5) is 31.8. The van der Waals surface area contributed by atoms with Crippen LogP contribution >= 0.6 is 0 Å². The zero-order valence-electron chi connectivity index (χ0n) is 13.1. The van der Waals surface area contributed by atoms with Crippen LogP contribution in [0.15, 0.2) is 24.4 Å². The molecule has 6 nitrogen and oxygen atoms in total. The summed E-state index contributed by atoms with van der Waals surface area (Å²) in [6.07, 6.45) is 3.95. The molecule has 0 unspecified atom stereocenters. The Morgan fingerprint density at radius 3 is 2.55 bits per heavy atom. The first-order valence-electron chi connectivity index (χ1n) is 7.91. The lowest BCUT2D eigenvalue weighted by Gasteiger charge is -2.34. The number of nitrogens with one attached hydrogen (secondary N) is 1. The van der Waals surface area contributed by atoms with E-state index in [2.05, 4.69) is 10.3 Å². The number of hydrogen-bond acceptors (Lipinski definition) is 3. The Morgan fingerprint density at radius 1 is 1.18 bits per heavy atom. The van der Waals surface area contributed by atoms with Gasteiger partial charge in [0.05, 0.1) is 0 Å². The van der Waals surface area contributed by atoms with Crippen molar-refractivity contribution < 1.29 is 9.59 Å². The van der Waals surface area contributed by atoms with Crippen LogP contribution in [0.5, 0.6) is 0 Å². The van der Waals surface area contributed by atoms with Crippen molar-refractivity contribution in [1.29, 1.82) is 0 Å². The summed E-state index contributed by atoms with van der Waals surface area (Å²) in [5.41, 5.74) is 1.02. The van der Waals surface area contributed by atoms with Crippen LogP contribution in [0.25, 0.3) is 0 Å². The molecule has 0 aliphatic carbocycles. The molecule has 0 bridgehead atoms. The normalized spacial score (nSPS) is 14.8. The van der Waals surface area contributed by atoms with Crippen LogP contribution in [0.1, 0.15) is 25.5 Å². The van der Waals surface area contributed by atoms with Crippen LogP contribution in [0.3, 0.4) is 0 Å². The quantitative estimate of drug-likeness (QED) is 0.891. The third-order valence-corrected chi connectivity index (χ3v) is 3.80. The van der Waals surface area contributed by atoms with E-state index in [9.17, 15) is 9.59 Å². The summed E-state index contributed by atoms with van der Waals surface area (Å²) in [6, 6.07) is 5.80. The van der Waals surface area contributed by atoms with E-state index in [0.717, 1.165) is 18.5 Å². The van der Waals surface area contributed by atoms with E-state index in [1.807, 2.05) is 30.0 Å². The Kier molecular flexibility index (Phi) is 6.18. The van der Waals surface area contributed by atoms with E-state index in [0.29, 0.717) is 39.1 Å². The lowest BCUT2D eigenvalue weighted by atomic mass is 10.1. The van der Waals surface area contributed by atoms with Gasteiger partial charge in [-0.1, -0.05) is 6.07 Å². The van der Waals surface area contributed by atoms with E-state index in [1.165, 1.54) is 0 Å². The minimum atomic E-state index is -0.0373. The minimum Gasteiger partial charge on any atom is -0.339 e. The fourth-order valence-corrected chi connectivity index (χ4v) is 2.55. The first-order valence-corrected chi connectivity index (χ1v) is 7.91. The molecule has 0 spiro atoms. The molecule has 1 aliphatic heterocycles. The summed E-state index contributed by atoms with van der Waals surface area (Å²) in [6.45, 7) is 5.00. The topological polar surface area (TPSA) is 65.5 Å². The predicted octanol–water partition coefficient (Wildman–Crippen LogP) is 1.28. The van der Waals surface area contributed by atoms with Gasteiger partial charge >= 0.3 is 6.03 Å². The Morgan fingerprint density at radius 2 is 1.91 bits per heavy atom. The van der Waals surface area contributed by atoms with Crippen LogP contribution < -0.4 is 5.32 Å². The monoisotopic (exact) mass is 304 g/mol. The smallest absolute Gasteiger partial charge is 0.317 e. The molecule has 1 aromatic rings. The van der Waals surface area contributed by atoms with Crippen molar-refractivity contribution in [3.8, 4) is 0 Å². The van der Waals surface area contributed by atoms with Gasteiger partial charge < -0.3 is 15.1 Å². The fraction of sp³-hybridized carbons (Fsp3) is 0.562. The van der Waals surface area contributed by atoms with Crippen molar-refractivity contribution in [2.75, 3.05) is 32.7 Å². The Balaban J connectivity index is 1.68. The van der Waals surface area contributed by atoms with E-state index < -0.39 is 0 Å². The van der Waals surface area contributed by atoms with Crippen LogP contribution in [0.2, 0.25) is 0 Å². The van der Waals surface area contributed by atoms with Gasteiger partial charge in [0.15, 0.2) is 0 Å². The Hall–Kier alpha value is -2.11. The largest absolute Gasteiger partial charge is 0.339 e. The molecular weight excluding hydrogens is 280 g/mol. The number of pyridine rings is 1. The maximum Gasteiger partial charge on any atom is 0.317 e. The number of urea groups is 1. The number of piperazine rings is 1. The number of hydrogen-bond donors (Lipinski definition) is 1. The minimum absolute atomic E-state index is 0.0373. The lowest BCUT2D eigenvalue weighted by Crippen LogP contribution is -2.53. The molecule has 0 saturated carbocycles. The SMILES string of the molecule is CCNC(=O)N1CCN(C(=O)CCCc2ccccn2)CC1. The summed E-state index contributed by atoms with van der Waals surface area (Å²) < 4.78 is 0. The summed E-state index contributed by atoms with van der Waals surface area (Å²) >= 11 is 0. The van der Waals surface area contributed by atoms with E-state index in [4.69, 9.17) is 0 Å². The second-order valence-electron chi connectivity index (χ2n) is 5.38. The number of carbonyl (C=O) groups excluding carboxylic acids is 2. The number of aromatic nitrogens is 1. The standard InChI is InChI=1S/C16H24N4O2/c1-2-17-16(22)20-12-10-19(11-13-20)15(21)8-5-7-14-6-3-4-9-18-14/h3-4,6,9H,2,5,7-8,10-13H2,1H3,(H,17,22). The molecule has 1 aromatic heterocycles. The second kappa shape index (κ2) is 8.36. The molecular formula is C16H24N4O2. The molecule has 2 heterocycles. The Bertz CT molecular complexity index is 484. The molecule has 3 amide bonds. The van der Waals surface area contributed by atoms with Gasteiger partial charge in [0.25, 0.3) is 0 Å². The van der Waals surface area contributed by atoms with Crippen molar-refractivity contribution in [3.05, 3.63) is 30.1 Å². The van der Waals surface area contributed by atoms with Gasteiger partial charge in [0, 0.05) is 51.0 Å². The van der Waals surface area contributed by atoms with Gasteiger partial charge in [-0.05, 0) is 31.9 Å². The van der Waals surface area contributed by atoms with Gasteiger partial charge in [-0.15, -0.1) is 0 Å². The van der Waals surface area contributed by atoms with Crippen LogP contribution in [0.4, 0.5) is 4.79 Å². The first-order chi connectivity index (χ1) is 10.7. The van der Waals surface area contributed by atoms with Crippen LogP contribution in [-0.2, 0) is 11.2 Å². The van der Waals surface area contributed by atoms with E-state index in [-0.39, 0.29) is 11.9 Å². The van der Waals surface area contributed by atoms with Crippen molar-refractivity contribution in [2.24, 2.45) is 0 Å². The third kappa shape index (κ3) is 4.72. The highest BCUT2D eigenvalue weighted by Gasteiger charge is 2.23. The Labute approximate surface area is 131 Å². The van der Waals surface area contributed by atoms with E-state index in [1.54, 1.807) is 11.1 Å². The van der Waals surface area contributed by atoms with Crippen molar-refractivity contribution >= 4 is 11.9 Å². The van der Waals surface area contributed by atoms with Crippen LogP contribution in [0, 0.1) is 0 Å². The predicted molar refractivity (Wildman–Crippen MR) is 84.4 cm³/mol. The zero-order chi connectivity index (χ0) is 15.8. The average molecular weight is 304 g/mol. The van der Waals surface area contributed by atoms with Gasteiger partial charge in [-0.25, -0.2) is 4.79 Å². The van der Waals surface area contributed by atoms with Crippen molar-refractivity contribution in [2.45, 2.75) is 26.2 Å². The fourth-order valence-electron chi connectivity index (χ4n) is 2.55. The van der Waals surface area contributed by atoms with Gasteiger partial charge in [-0.2, -0.15) is 0 Å². The molecule has 0 aromatic carbocycles. The van der Waals surface area contributed by atoms with Crippen LogP contribution in [-0.4, -0.2) is 59.4 Å². The average Bonchev–Trinajstić information content (AvgIpc) is 2.56. The van der Waals surface area contributed by atoms with E-state index >= 15 is 0 Å². The molecule has 22 heavy (non-hydrogen) atoms. The second-order valence-corrected chi connectivity index (χ2v) is 5.38. The highest BCUT2D eigenvalue weighted by Crippen LogP contribution is 2.07. The molecule has 1 N–H and O–H groups in total. The maximum atomic E-state index is 12.2. The molecule has 1 fully saturated rings. The third-order valence-electron chi connectivity index (χ3n) is 3.80.